The molecule has 0 amide bonds. The Labute approximate surface area is 143 Å². The van der Waals surface area contributed by atoms with Gasteiger partial charge in [-0.05, 0) is 26.0 Å². The zero-order valence-electron chi connectivity index (χ0n) is 14.7. The smallest absolute Gasteiger partial charge is 0.244 e. The highest BCUT2D eigenvalue weighted by Crippen LogP contribution is 2.28. The fourth-order valence-electron chi connectivity index (χ4n) is 2.63. The second-order valence-corrected chi connectivity index (χ2v) is 7.99. The van der Waals surface area contributed by atoms with E-state index in [1.807, 2.05) is 13.8 Å². The molecule has 0 saturated carbocycles. The molecule has 0 unspecified atom stereocenters. The average Bonchev–Trinajstić information content (AvgIpc) is 2.60. The normalized spacial score (nSPS) is 16.8. The van der Waals surface area contributed by atoms with Crippen LogP contribution in [0, 0.1) is 0 Å². The van der Waals surface area contributed by atoms with E-state index in [-0.39, 0.29) is 16.2 Å². The standard InChI is InChI=1S/C16H26N2O5S/c1-16(2,18-7-9-23-10-8-18)12-17-24(19,20)15-6-5-13(21-3)11-14(15)22-4/h5-6,11,17H,7-10,12H2,1-4H3. The van der Waals surface area contributed by atoms with Crippen LogP contribution in [0.4, 0.5) is 0 Å². The Kier molecular flexibility index (Phi) is 6.08. The van der Waals surface area contributed by atoms with Crippen LogP contribution < -0.4 is 14.2 Å². The molecule has 1 aliphatic heterocycles. The number of rotatable bonds is 7. The monoisotopic (exact) mass is 358 g/mol. The minimum absolute atomic E-state index is 0.101. The van der Waals surface area contributed by atoms with E-state index >= 15 is 0 Å². The molecule has 136 valence electrons. The molecule has 0 bridgehead atoms. The van der Waals surface area contributed by atoms with Crippen LogP contribution >= 0.6 is 0 Å². The van der Waals surface area contributed by atoms with E-state index in [9.17, 15) is 8.42 Å². The van der Waals surface area contributed by atoms with Gasteiger partial charge in [-0.1, -0.05) is 0 Å². The molecule has 24 heavy (non-hydrogen) atoms. The van der Waals surface area contributed by atoms with Crippen molar-refractivity contribution >= 4 is 10.0 Å². The third-order valence-corrected chi connectivity index (χ3v) is 5.66. The van der Waals surface area contributed by atoms with E-state index in [0.717, 1.165) is 13.1 Å². The summed E-state index contributed by atoms with van der Waals surface area (Å²) in [6.45, 7) is 7.26. The van der Waals surface area contributed by atoms with Crippen LogP contribution in [-0.4, -0.2) is 65.9 Å². The first-order valence-electron chi connectivity index (χ1n) is 7.84. The van der Waals surface area contributed by atoms with Crippen LogP contribution in [0.5, 0.6) is 11.5 Å². The largest absolute Gasteiger partial charge is 0.497 e. The number of methoxy groups -OCH3 is 2. The maximum atomic E-state index is 12.7. The maximum absolute atomic E-state index is 12.7. The quantitative estimate of drug-likeness (QED) is 0.786. The number of hydrogen-bond donors (Lipinski definition) is 1. The van der Waals surface area contributed by atoms with Crippen LogP contribution in [0.1, 0.15) is 13.8 Å². The lowest BCUT2D eigenvalue weighted by Gasteiger charge is -2.40. The molecular weight excluding hydrogens is 332 g/mol. The van der Waals surface area contributed by atoms with Gasteiger partial charge in [0.1, 0.15) is 16.4 Å². The summed E-state index contributed by atoms with van der Waals surface area (Å²) in [5.74, 6) is 0.797. The first-order valence-corrected chi connectivity index (χ1v) is 9.33. The van der Waals surface area contributed by atoms with Gasteiger partial charge in [0.2, 0.25) is 10.0 Å². The first-order chi connectivity index (χ1) is 11.3. The molecule has 1 N–H and O–H groups in total. The zero-order valence-corrected chi connectivity index (χ0v) is 15.5. The van der Waals surface area contributed by atoms with Gasteiger partial charge in [0.15, 0.2) is 0 Å². The molecule has 0 aromatic heterocycles. The topological polar surface area (TPSA) is 77.1 Å². The van der Waals surface area contributed by atoms with Gasteiger partial charge in [0.25, 0.3) is 0 Å². The third-order valence-electron chi connectivity index (χ3n) is 4.22. The summed E-state index contributed by atoms with van der Waals surface area (Å²) in [4.78, 5) is 2.33. The van der Waals surface area contributed by atoms with Crippen LogP contribution in [-0.2, 0) is 14.8 Å². The van der Waals surface area contributed by atoms with E-state index in [1.165, 1.54) is 20.3 Å². The summed E-state index contributed by atoms with van der Waals surface area (Å²) in [6.07, 6.45) is 0. The molecule has 1 fully saturated rings. The molecule has 2 rings (SSSR count). The summed E-state index contributed by atoms with van der Waals surface area (Å²) < 4.78 is 43.7. The van der Waals surface area contributed by atoms with E-state index in [1.54, 1.807) is 12.1 Å². The number of benzene rings is 1. The highest BCUT2D eigenvalue weighted by Gasteiger charge is 2.30. The summed E-state index contributed by atoms with van der Waals surface area (Å²) in [5.41, 5.74) is -0.309. The van der Waals surface area contributed by atoms with Gasteiger partial charge >= 0.3 is 0 Å². The molecular formula is C16H26N2O5S. The molecule has 0 radical (unpaired) electrons. The lowest BCUT2D eigenvalue weighted by molar-refractivity contribution is -0.00803. The van der Waals surface area contributed by atoms with E-state index < -0.39 is 10.0 Å². The number of nitrogens with one attached hydrogen (secondary N) is 1. The number of ether oxygens (including phenoxy) is 3. The van der Waals surface area contributed by atoms with E-state index in [2.05, 4.69) is 9.62 Å². The number of hydrogen-bond acceptors (Lipinski definition) is 6. The van der Waals surface area contributed by atoms with Crippen LogP contribution in [0.3, 0.4) is 0 Å². The van der Waals surface area contributed by atoms with Crippen molar-refractivity contribution < 1.29 is 22.6 Å². The van der Waals surface area contributed by atoms with Crippen molar-refractivity contribution in [1.29, 1.82) is 0 Å². The average molecular weight is 358 g/mol. The summed E-state index contributed by atoms with van der Waals surface area (Å²) >= 11 is 0. The van der Waals surface area contributed by atoms with Gasteiger partial charge < -0.3 is 14.2 Å². The fraction of sp³-hybridized carbons (Fsp3) is 0.625. The van der Waals surface area contributed by atoms with Crippen molar-refractivity contribution in [1.82, 2.24) is 9.62 Å². The van der Waals surface area contributed by atoms with Crippen LogP contribution in [0.25, 0.3) is 0 Å². The number of nitrogens with zero attached hydrogens (tertiary/aromatic N) is 1. The highest BCUT2D eigenvalue weighted by atomic mass is 32.2. The lowest BCUT2D eigenvalue weighted by atomic mass is 10.0. The first kappa shape index (κ1) is 19.0. The Bertz CT molecular complexity index is 654. The Balaban J connectivity index is 2.13. The van der Waals surface area contributed by atoms with E-state index in [4.69, 9.17) is 14.2 Å². The fourth-order valence-corrected chi connectivity index (χ4v) is 3.98. The minimum Gasteiger partial charge on any atom is -0.497 e. The maximum Gasteiger partial charge on any atom is 0.244 e. The molecule has 1 aromatic rings. The van der Waals surface area contributed by atoms with Crippen molar-refractivity contribution in [3.63, 3.8) is 0 Å². The molecule has 1 saturated heterocycles. The molecule has 1 heterocycles. The SMILES string of the molecule is COc1ccc(S(=O)(=O)NCC(C)(C)N2CCOCC2)c(OC)c1. The second-order valence-electron chi connectivity index (χ2n) is 6.25. The molecule has 0 spiro atoms. The van der Waals surface area contributed by atoms with Gasteiger partial charge in [-0.3, -0.25) is 4.90 Å². The van der Waals surface area contributed by atoms with Crippen molar-refractivity contribution in [3.8, 4) is 11.5 Å². The number of morpholine rings is 1. The predicted molar refractivity (Wildman–Crippen MR) is 91.2 cm³/mol. The highest BCUT2D eigenvalue weighted by molar-refractivity contribution is 7.89. The Morgan fingerprint density at radius 1 is 1.21 bits per heavy atom. The van der Waals surface area contributed by atoms with Crippen molar-refractivity contribution in [3.05, 3.63) is 18.2 Å². The summed E-state index contributed by atoms with van der Waals surface area (Å²) in [6, 6.07) is 4.65. The van der Waals surface area contributed by atoms with Crippen molar-refractivity contribution in [2.75, 3.05) is 47.1 Å². The molecule has 8 heteroatoms. The Hall–Kier alpha value is -1.35. The van der Waals surface area contributed by atoms with E-state index in [0.29, 0.717) is 25.5 Å². The van der Waals surface area contributed by atoms with Gasteiger partial charge in [0.05, 0.1) is 27.4 Å². The summed E-state index contributed by atoms with van der Waals surface area (Å²) in [5, 5.41) is 0. The Morgan fingerprint density at radius 3 is 2.46 bits per heavy atom. The zero-order chi connectivity index (χ0) is 17.8. The lowest BCUT2D eigenvalue weighted by Crippen LogP contribution is -2.55. The van der Waals surface area contributed by atoms with Gasteiger partial charge in [-0.25, -0.2) is 13.1 Å². The van der Waals surface area contributed by atoms with Crippen LogP contribution in [0.15, 0.2) is 23.1 Å². The van der Waals surface area contributed by atoms with Crippen molar-refractivity contribution in [2.24, 2.45) is 0 Å². The molecule has 0 atom stereocenters. The molecule has 1 aliphatic rings. The third kappa shape index (κ3) is 4.38. The summed E-state index contributed by atoms with van der Waals surface area (Å²) in [7, 11) is -0.732. The number of sulfonamides is 1. The van der Waals surface area contributed by atoms with Gasteiger partial charge in [-0.2, -0.15) is 0 Å². The van der Waals surface area contributed by atoms with Gasteiger partial charge in [-0.15, -0.1) is 0 Å². The molecule has 0 aliphatic carbocycles. The molecule has 1 aromatic carbocycles. The second kappa shape index (κ2) is 7.69. The molecule has 7 nitrogen and oxygen atoms in total. The van der Waals surface area contributed by atoms with Crippen molar-refractivity contribution in [2.45, 2.75) is 24.3 Å². The minimum atomic E-state index is -3.69. The predicted octanol–water partition coefficient (Wildman–Crippen LogP) is 1.09. The Morgan fingerprint density at radius 2 is 1.88 bits per heavy atom. The van der Waals surface area contributed by atoms with Crippen LogP contribution in [0.2, 0.25) is 0 Å². The van der Waals surface area contributed by atoms with Gasteiger partial charge in [0, 0.05) is 31.2 Å².